The lowest BCUT2D eigenvalue weighted by atomic mass is 10.2. The van der Waals surface area contributed by atoms with E-state index in [1.165, 1.54) is 19.2 Å². The van der Waals surface area contributed by atoms with Gasteiger partial charge in [-0.25, -0.2) is 4.98 Å². The number of amides is 1. The Labute approximate surface area is 104 Å². The minimum absolute atomic E-state index is 0.166. The molecule has 1 atom stereocenters. The molecule has 0 saturated carbocycles. The topological polar surface area (TPSA) is 75.0 Å². The molecule has 1 aromatic heterocycles. The lowest BCUT2D eigenvalue weighted by molar-refractivity contribution is 0.0944. The number of hydrogen-bond acceptors (Lipinski definition) is 4. The van der Waals surface area contributed by atoms with Crippen LogP contribution < -0.4 is 10.1 Å². The number of carbonyl (C=O) groups is 1. The van der Waals surface area contributed by atoms with Crippen LogP contribution in [-0.4, -0.2) is 24.0 Å². The normalized spacial score (nSPS) is 11.4. The van der Waals surface area contributed by atoms with E-state index in [0.29, 0.717) is 12.0 Å². The Morgan fingerprint density at radius 3 is 2.94 bits per heavy atom. The summed E-state index contributed by atoms with van der Waals surface area (Å²) >= 11 is 5.74. The monoisotopic (exact) mass is 253 g/mol. The number of halogens is 1. The summed E-state index contributed by atoms with van der Waals surface area (Å²) in [6, 6.07) is 4.35. The highest BCUT2D eigenvalue weighted by molar-refractivity contribution is 6.29. The molecule has 17 heavy (non-hydrogen) atoms. The van der Waals surface area contributed by atoms with Crippen molar-refractivity contribution in [3.05, 3.63) is 22.8 Å². The number of rotatable bonds is 4. The van der Waals surface area contributed by atoms with Crippen molar-refractivity contribution >= 4 is 17.5 Å². The Morgan fingerprint density at radius 2 is 2.41 bits per heavy atom. The van der Waals surface area contributed by atoms with Crippen molar-refractivity contribution in [1.29, 1.82) is 5.26 Å². The minimum Gasteiger partial charge on any atom is -0.481 e. The largest absolute Gasteiger partial charge is 0.481 e. The number of nitriles is 1. The first kappa shape index (κ1) is 13.3. The molecule has 1 rings (SSSR count). The van der Waals surface area contributed by atoms with Crippen LogP contribution in [0, 0.1) is 11.3 Å². The lowest BCUT2D eigenvalue weighted by Crippen LogP contribution is -2.33. The number of nitrogens with zero attached hydrogens (tertiary/aromatic N) is 2. The van der Waals surface area contributed by atoms with Gasteiger partial charge < -0.3 is 10.1 Å². The molecule has 0 radical (unpaired) electrons. The molecule has 0 spiro atoms. The summed E-state index contributed by atoms with van der Waals surface area (Å²) in [6.07, 6.45) is 0.540. The second-order valence-electron chi connectivity index (χ2n) is 3.28. The smallest absolute Gasteiger partial charge is 0.252 e. The summed E-state index contributed by atoms with van der Waals surface area (Å²) in [6.45, 7) is 1.81. The van der Waals surface area contributed by atoms with E-state index < -0.39 is 6.04 Å². The number of ether oxygens (including phenoxy) is 1. The van der Waals surface area contributed by atoms with Crippen molar-refractivity contribution in [3.8, 4) is 11.9 Å². The standard InChI is InChI=1S/C11H12ClN3O2/c1-3-8(6-13)14-11(16)7-4-9(12)15-10(5-7)17-2/h4-5,8H,3H2,1-2H3,(H,14,16). The molecule has 0 aliphatic rings. The van der Waals surface area contributed by atoms with E-state index in [1.807, 2.05) is 13.0 Å². The first-order valence-corrected chi connectivity index (χ1v) is 5.40. The van der Waals surface area contributed by atoms with Crippen LogP contribution in [0.1, 0.15) is 23.7 Å². The molecule has 1 heterocycles. The third-order valence-corrected chi connectivity index (χ3v) is 2.30. The van der Waals surface area contributed by atoms with Gasteiger partial charge in [0.1, 0.15) is 11.2 Å². The van der Waals surface area contributed by atoms with Crippen LogP contribution >= 0.6 is 11.6 Å². The number of carbonyl (C=O) groups excluding carboxylic acids is 1. The van der Waals surface area contributed by atoms with E-state index in [-0.39, 0.29) is 16.9 Å². The van der Waals surface area contributed by atoms with Gasteiger partial charge >= 0.3 is 0 Å². The Hall–Kier alpha value is -1.80. The summed E-state index contributed by atoms with van der Waals surface area (Å²) in [5.74, 6) is -0.117. The van der Waals surface area contributed by atoms with Crippen LogP contribution in [0.2, 0.25) is 5.15 Å². The Morgan fingerprint density at radius 1 is 1.71 bits per heavy atom. The number of hydrogen-bond donors (Lipinski definition) is 1. The molecule has 1 unspecified atom stereocenters. The molecule has 1 amide bonds. The molecular formula is C11H12ClN3O2. The van der Waals surface area contributed by atoms with Gasteiger partial charge in [-0.2, -0.15) is 5.26 Å². The first-order valence-electron chi connectivity index (χ1n) is 5.02. The second-order valence-corrected chi connectivity index (χ2v) is 3.67. The minimum atomic E-state index is -0.513. The molecule has 1 aromatic rings. The van der Waals surface area contributed by atoms with E-state index >= 15 is 0 Å². The van der Waals surface area contributed by atoms with E-state index in [4.69, 9.17) is 21.6 Å². The molecule has 1 N–H and O–H groups in total. The van der Waals surface area contributed by atoms with Crippen LogP contribution in [0.5, 0.6) is 5.88 Å². The maximum atomic E-state index is 11.8. The molecular weight excluding hydrogens is 242 g/mol. The van der Waals surface area contributed by atoms with Crippen molar-refractivity contribution in [2.45, 2.75) is 19.4 Å². The second kappa shape index (κ2) is 6.06. The number of nitrogens with one attached hydrogen (secondary N) is 1. The zero-order valence-corrected chi connectivity index (χ0v) is 10.3. The SMILES string of the molecule is CCC(C#N)NC(=O)c1cc(Cl)nc(OC)c1. The first-order chi connectivity index (χ1) is 8.10. The van der Waals surface area contributed by atoms with E-state index in [9.17, 15) is 4.79 Å². The summed E-state index contributed by atoms with van der Waals surface area (Å²) in [5.41, 5.74) is 0.315. The third kappa shape index (κ3) is 3.61. The molecule has 0 aliphatic heterocycles. The lowest BCUT2D eigenvalue weighted by Gasteiger charge is -2.09. The van der Waals surface area contributed by atoms with Gasteiger partial charge in [-0.3, -0.25) is 4.79 Å². The van der Waals surface area contributed by atoms with Gasteiger partial charge in [-0.05, 0) is 12.5 Å². The van der Waals surface area contributed by atoms with Crippen LogP contribution in [0.15, 0.2) is 12.1 Å². The Balaban J connectivity index is 2.89. The fraction of sp³-hybridized carbons (Fsp3) is 0.364. The van der Waals surface area contributed by atoms with Crippen LogP contribution in [0.25, 0.3) is 0 Å². The highest BCUT2D eigenvalue weighted by Gasteiger charge is 2.13. The maximum Gasteiger partial charge on any atom is 0.252 e. The molecule has 0 aliphatic carbocycles. The molecule has 0 bridgehead atoms. The average molecular weight is 254 g/mol. The van der Waals surface area contributed by atoms with Crippen LogP contribution in [0.4, 0.5) is 0 Å². The zero-order chi connectivity index (χ0) is 12.8. The number of aromatic nitrogens is 1. The summed E-state index contributed by atoms with van der Waals surface area (Å²) in [5, 5.41) is 11.5. The average Bonchev–Trinajstić information content (AvgIpc) is 2.34. The van der Waals surface area contributed by atoms with Gasteiger partial charge in [0, 0.05) is 11.6 Å². The molecule has 0 saturated heterocycles. The van der Waals surface area contributed by atoms with E-state index in [1.54, 1.807) is 0 Å². The van der Waals surface area contributed by atoms with Gasteiger partial charge in [0.25, 0.3) is 5.91 Å². The van der Waals surface area contributed by atoms with Gasteiger partial charge in [0.2, 0.25) is 5.88 Å². The van der Waals surface area contributed by atoms with Crippen molar-refractivity contribution in [3.63, 3.8) is 0 Å². The van der Waals surface area contributed by atoms with Crippen LogP contribution in [-0.2, 0) is 0 Å². The maximum absolute atomic E-state index is 11.8. The van der Waals surface area contributed by atoms with Crippen molar-refractivity contribution < 1.29 is 9.53 Å². The van der Waals surface area contributed by atoms with Gasteiger partial charge in [0.05, 0.1) is 13.2 Å². The number of pyridine rings is 1. The Kier molecular flexibility index (Phi) is 4.73. The molecule has 0 aromatic carbocycles. The summed E-state index contributed by atoms with van der Waals surface area (Å²) < 4.78 is 4.90. The van der Waals surface area contributed by atoms with Crippen LogP contribution in [0.3, 0.4) is 0 Å². The van der Waals surface area contributed by atoms with Gasteiger partial charge in [-0.1, -0.05) is 18.5 Å². The fourth-order valence-electron chi connectivity index (χ4n) is 1.18. The van der Waals surface area contributed by atoms with E-state index in [0.717, 1.165) is 0 Å². The quantitative estimate of drug-likeness (QED) is 0.830. The van der Waals surface area contributed by atoms with E-state index in [2.05, 4.69) is 10.3 Å². The molecule has 5 nitrogen and oxygen atoms in total. The molecule has 6 heteroatoms. The highest BCUT2D eigenvalue weighted by Crippen LogP contribution is 2.16. The molecule has 0 fully saturated rings. The predicted molar refractivity (Wildman–Crippen MR) is 63.0 cm³/mol. The van der Waals surface area contributed by atoms with Crippen molar-refractivity contribution in [2.24, 2.45) is 0 Å². The third-order valence-electron chi connectivity index (χ3n) is 2.11. The van der Waals surface area contributed by atoms with Gasteiger partial charge in [-0.15, -0.1) is 0 Å². The zero-order valence-electron chi connectivity index (χ0n) is 9.53. The Bertz CT molecular complexity index is 457. The fourth-order valence-corrected chi connectivity index (χ4v) is 1.38. The highest BCUT2D eigenvalue weighted by atomic mass is 35.5. The van der Waals surface area contributed by atoms with Gasteiger partial charge in [0.15, 0.2) is 0 Å². The predicted octanol–water partition coefficient (Wildman–Crippen LogP) is 1.78. The van der Waals surface area contributed by atoms with Crippen molar-refractivity contribution in [2.75, 3.05) is 7.11 Å². The number of methoxy groups -OCH3 is 1. The summed E-state index contributed by atoms with van der Waals surface area (Å²) in [4.78, 5) is 15.6. The van der Waals surface area contributed by atoms with Crippen molar-refractivity contribution in [1.82, 2.24) is 10.3 Å². The summed E-state index contributed by atoms with van der Waals surface area (Å²) in [7, 11) is 1.43. The molecule has 90 valence electrons.